The SMILES string of the molecule is CCCCCCCCCCCCC(CCCCCCCCCC)COCC(CC)CCCC. The van der Waals surface area contributed by atoms with E-state index >= 15 is 0 Å². The molecule has 0 aliphatic heterocycles. The zero-order valence-corrected chi connectivity index (χ0v) is 23.9. The Morgan fingerprint density at radius 3 is 1.09 bits per heavy atom. The molecular formula is C32H66O. The molecular weight excluding hydrogens is 400 g/mol. The van der Waals surface area contributed by atoms with Crippen LogP contribution in [0.1, 0.15) is 182 Å². The van der Waals surface area contributed by atoms with Crippen molar-refractivity contribution in [3.05, 3.63) is 0 Å². The molecule has 0 aliphatic rings. The molecule has 0 heterocycles. The van der Waals surface area contributed by atoms with Crippen molar-refractivity contribution < 1.29 is 4.74 Å². The normalized spacial score (nSPS) is 13.5. The number of unbranched alkanes of at least 4 members (excludes halogenated alkanes) is 17. The van der Waals surface area contributed by atoms with Crippen LogP contribution >= 0.6 is 0 Å². The fourth-order valence-corrected chi connectivity index (χ4v) is 5.10. The summed E-state index contributed by atoms with van der Waals surface area (Å²) in [5, 5.41) is 0. The average molecular weight is 467 g/mol. The van der Waals surface area contributed by atoms with Gasteiger partial charge in [-0.3, -0.25) is 0 Å². The molecule has 0 aromatic carbocycles. The molecule has 0 saturated carbocycles. The van der Waals surface area contributed by atoms with E-state index in [0.717, 1.165) is 25.0 Å². The molecule has 1 heteroatoms. The van der Waals surface area contributed by atoms with Crippen LogP contribution in [-0.4, -0.2) is 13.2 Å². The van der Waals surface area contributed by atoms with E-state index in [0.29, 0.717) is 0 Å². The second kappa shape index (κ2) is 28.2. The summed E-state index contributed by atoms with van der Waals surface area (Å²) >= 11 is 0. The van der Waals surface area contributed by atoms with Gasteiger partial charge in [0.1, 0.15) is 0 Å². The first-order valence-corrected chi connectivity index (χ1v) is 15.9. The Hall–Kier alpha value is -0.0400. The quantitative estimate of drug-likeness (QED) is 0.104. The van der Waals surface area contributed by atoms with Crippen molar-refractivity contribution in [1.82, 2.24) is 0 Å². The third kappa shape index (κ3) is 24.9. The van der Waals surface area contributed by atoms with E-state index in [1.54, 1.807) is 0 Å². The lowest BCUT2D eigenvalue weighted by molar-refractivity contribution is 0.0608. The first-order chi connectivity index (χ1) is 16.3. The molecule has 1 nitrogen and oxygen atoms in total. The van der Waals surface area contributed by atoms with Gasteiger partial charge in [-0.05, 0) is 31.1 Å². The lowest BCUT2D eigenvalue weighted by Crippen LogP contribution is -2.15. The Bertz CT molecular complexity index is 339. The molecule has 200 valence electrons. The number of ether oxygens (including phenoxy) is 1. The first kappa shape index (κ1) is 33.0. The van der Waals surface area contributed by atoms with Crippen LogP contribution in [0.4, 0.5) is 0 Å². The Kier molecular flexibility index (Phi) is 28.2. The van der Waals surface area contributed by atoms with E-state index in [1.165, 1.54) is 154 Å². The Morgan fingerprint density at radius 2 is 0.697 bits per heavy atom. The zero-order valence-electron chi connectivity index (χ0n) is 23.9. The molecule has 0 aromatic rings. The first-order valence-electron chi connectivity index (χ1n) is 15.9. The monoisotopic (exact) mass is 467 g/mol. The predicted octanol–water partition coefficient (Wildman–Crippen LogP) is 11.7. The van der Waals surface area contributed by atoms with Gasteiger partial charge in [0.15, 0.2) is 0 Å². The van der Waals surface area contributed by atoms with Crippen LogP contribution in [-0.2, 0) is 4.74 Å². The van der Waals surface area contributed by atoms with Gasteiger partial charge in [-0.1, -0.05) is 163 Å². The summed E-state index contributed by atoms with van der Waals surface area (Å²) in [4.78, 5) is 0. The average Bonchev–Trinajstić information content (AvgIpc) is 2.83. The second-order valence-electron chi connectivity index (χ2n) is 11.1. The molecule has 0 bridgehead atoms. The Labute approximate surface area is 211 Å². The van der Waals surface area contributed by atoms with Crippen LogP contribution in [0.25, 0.3) is 0 Å². The zero-order chi connectivity index (χ0) is 24.2. The van der Waals surface area contributed by atoms with E-state index in [4.69, 9.17) is 4.74 Å². The summed E-state index contributed by atoms with van der Waals surface area (Å²) in [5.41, 5.74) is 0. The molecule has 33 heavy (non-hydrogen) atoms. The van der Waals surface area contributed by atoms with Gasteiger partial charge in [0.2, 0.25) is 0 Å². The largest absolute Gasteiger partial charge is 0.381 e. The maximum absolute atomic E-state index is 6.31. The van der Waals surface area contributed by atoms with Gasteiger partial charge in [-0.25, -0.2) is 0 Å². The minimum atomic E-state index is 0.783. The van der Waals surface area contributed by atoms with Gasteiger partial charge in [0.05, 0.1) is 0 Å². The molecule has 2 unspecified atom stereocenters. The summed E-state index contributed by atoms with van der Waals surface area (Å²) in [5.74, 6) is 1.59. The van der Waals surface area contributed by atoms with Crippen molar-refractivity contribution in [3.63, 3.8) is 0 Å². The number of hydrogen-bond acceptors (Lipinski definition) is 1. The van der Waals surface area contributed by atoms with E-state index in [-0.39, 0.29) is 0 Å². The maximum atomic E-state index is 6.31. The molecule has 0 aliphatic carbocycles. The Morgan fingerprint density at radius 1 is 0.364 bits per heavy atom. The van der Waals surface area contributed by atoms with Crippen LogP contribution in [0, 0.1) is 11.8 Å². The van der Waals surface area contributed by atoms with Crippen LogP contribution in [0.5, 0.6) is 0 Å². The van der Waals surface area contributed by atoms with E-state index in [2.05, 4.69) is 27.7 Å². The highest BCUT2D eigenvalue weighted by Crippen LogP contribution is 2.21. The maximum Gasteiger partial charge on any atom is 0.0494 e. The van der Waals surface area contributed by atoms with Crippen LogP contribution in [0.3, 0.4) is 0 Å². The highest BCUT2D eigenvalue weighted by atomic mass is 16.5. The van der Waals surface area contributed by atoms with Crippen molar-refractivity contribution in [1.29, 1.82) is 0 Å². The molecule has 0 radical (unpaired) electrons. The highest BCUT2D eigenvalue weighted by Gasteiger charge is 2.12. The van der Waals surface area contributed by atoms with E-state index in [1.807, 2.05) is 0 Å². The summed E-state index contributed by atoms with van der Waals surface area (Å²) in [6.07, 6.45) is 34.0. The summed E-state index contributed by atoms with van der Waals surface area (Å²) < 4.78 is 6.31. The highest BCUT2D eigenvalue weighted by molar-refractivity contribution is 4.62. The molecule has 0 amide bonds. The topological polar surface area (TPSA) is 9.23 Å². The molecule has 0 fully saturated rings. The van der Waals surface area contributed by atoms with Crippen molar-refractivity contribution >= 4 is 0 Å². The van der Waals surface area contributed by atoms with Gasteiger partial charge in [0, 0.05) is 13.2 Å². The summed E-state index contributed by atoms with van der Waals surface area (Å²) in [6.45, 7) is 11.3. The van der Waals surface area contributed by atoms with Gasteiger partial charge in [-0.2, -0.15) is 0 Å². The van der Waals surface area contributed by atoms with Crippen molar-refractivity contribution in [3.8, 4) is 0 Å². The smallest absolute Gasteiger partial charge is 0.0494 e. The predicted molar refractivity (Wildman–Crippen MR) is 151 cm³/mol. The lowest BCUT2D eigenvalue weighted by Gasteiger charge is -2.20. The molecule has 0 spiro atoms. The standard InChI is InChI=1S/C32H66O/c1-5-9-12-14-16-18-19-21-23-25-28-32(27-24-22-20-17-15-13-10-6-2)30-33-29-31(8-4)26-11-7-3/h31-32H,5-30H2,1-4H3. The van der Waals surface area contributed by atoms with Crippen LogP contribution in [0.2, 0.25) is 0 Å². The minimum absolute atomic E-state index is 0.783. The fraction of sp³-hybridized carbons (Fsp3) is 1.00. The molecule has 0 rings (SSSR count). The third-order valence-corrected chi connectivity index (χ3v) is 7.68. The molecule has 0 saturated heterocycles. The Balaban J connectivity index is 4.00. The van der Waals surface area contributed by atoms with Crippen molar-refractivity contribution in [2.75, 3.05) is 13.2 Å². The van der Waals surface area contributed by atoms with Crippen molar-refractivity contribution in [2.45, 2.75) is 182 Å². The molecule has 2 atom stereocenters. The van der Waals surface area contributed by atoms with Gasteiger partial charge < -0.3 is 4.74 Å². The second-order valence-corrected chi connectivity index (χ2v) is 11.1. The molecule has 0 N–H and O–H groups in total. The van der Waals surface area contributed by atoms with E-state index < -0.39 is 0 Å². The lowest BCUT2D eigenvalue weighted by atomic mass is 9.94. The number of hydrogen-bond donors (Lipinski definition) is 0. The number of rotatable bonds is 28. The van der Waals surface area contributed by atoms with Gasteiger partial charge in [-0.15, -0.1) is 0 Å². The van der Waals surface area contributed by atoms with E-state index in [9.17, 15) is 0 Å². The fourth-order valence-electron chi connectivity index (χ4n) is 5.10. The van der Waals surface area contributed by atoms with Gasteiger partial charge in [0.25, 0.3) is 0 Å². The third-order valence-electron chi connectivity index (χ3n) is 7.68. The van der Waals surface area contributed by atoms with Crippen molar-refractivity contribution in [2.24, 2.45) is 11.8 Å². The summed E-state index contributed by atoms with van der Waals surface area (Å²) in [6, 6.07) is 0. The van der Waals surface area contributed by atoms with Crippen LogP contribution in [0.15, 0.2) is 0 Å². The van der Waals surface area contributed by atoms with Crippen LogP contribution < -0.4 is 0 Å². The summed E-state index contributed by atoms with van der Waals surface area (Å²) in [7, 11) is 0. The van der Waals surface area contributed by atoms with Gasteiger partial charge >= 0.3 is 0 Å². The minimum Gasteiger partial charge on any atom is -0.381 e. The molecule has 0 aromatic heterocycles.